The second kappa shape index (κ2) is 3.54. The van der Waals surface area contributed by atoms with E-state index in [1.165, 1.54) is 4.57 Å². The van der Waals surface area contributed by atoms with Crippen molar-refractivity contribution in [1.82, 2.24) is 9.55 Å². The van der Waals surface area contributed by atoms with Crippen LogP contribution >= 0.6 is 12.2 Å². The molecule has 1 aromatic rings. The Morgan fingerprint density at radius 1 is 1.60 bits per heavy atom. The maximum atomic E-state index is 11.5. The van der Waals surface area contributed by atoms with E-state index in [2.05, 4.69) is 4.98 Å². The van der Waals surface area contributed by atoms with Crippen molar-refractivity contribution >= 4 is 18.2 Å². The standard InChI is InChI=1S/C9H8N2O3S/c12-7(13)4-11-6-3-1-2-5(6)8(14)10-9(11)15/h1H,2-4H2,(H-,10,12,13,14,15)/p+1. The third-order valence-electron chi connectivity index (χ3n) is 2.39. The molecule has 5 nitrogen and oxygen atoms in total. The van der Waals surface area contributed by atoms with Crippen molar-refractivity contribution in [2.24, 2.45) is 0 Å². The van der Waals surface area contributed by atoms with Gasteiger partial charge in [-0.15, -0.1) is 0 Å². The normalized spacial score (nSPS) is 13.3. The molecule has 0 aliphatic heterocycles. The molecule has 6 heteroatoms. The van der Waals surface area contributed by atoms with Crippen molar-refractivity contribution < 1.29 is 9.90 Å². The number of H-pyrrole nitrogens is 1. The molecule has 78 valence electrons. The van der Waals surface area contributed by atoms with Crippen molar-refractivity contribution in [2.75, 3.05) is 0 Å². The average molecular weight is 225 g/mol. The Bertz CT molecular complexity index is 529. The summed E-state index contributed by atoms with van der Waals surface area (Å²) in [6, 6.07) is 0. The number of carboxylic acids is 1. The summed E-state index contributed by atoms with van der Waals surface area (Å²) < 4.78 is 1.65. The first kappa shape index (κ1) is 9.97. The van der Waals surface area contributed by atoms with Crippen molar-refractivity contribution in [3.05, 3.63) is 32.8 Å². The topological polar surface area (TPSA) is 75.1 Å². The number of aliphatic carboxylic acids is 1. The Hall–Kier alpha value is -1.56. The highest BCUT2D eigenvalue weighted by Crippen LogP contribution is 2.17. The predicted octanol–water partition coefficient (Wildman–Crippen LogP) is 0.293. The van der Waals surface area contributed by atoms with Crippen molar-refractivity contribution in [2.45, 2.75) is 19.4 Å². The number of hydrogen-bond donors (Lipinski definition) is 2. The Morgan fingerprint density at radius 2 is 2.33 bits per heavy atom. The fourth-order valence-electron chi connectivity index (χ4n) is 1.76. The van der Waals surface area contributed by atoms with E-state index in [4.69, 9.17) is 17.3 Å². The van der Waals surface area contributed by atoms with Gasteiger partial charge in [-0.3, -0.25) is 14.6 Å². The van der Waals surface area contributed by atoms with Crippen LogP contribution in [0.4, 0.5) is 0 Å². The van der Waals surface area contributed by atoms with Crippen LogP contribution < -0.4 is 5.56 Å². The van der Waals surface area contributed by atoms with Crippen LogP contribution in [0.5, 0.6) is 0 Å². The smallest absolute Gasteiger partial charge is 0.323 e. The summed E-state index contributed by atoms with van der Waals surface area (Å²) in [5.41, 5.74) is 1.15. The van der Waals surface area contributed by atoms with Gasteiger partial charge in [-0.05, 0) is 12.2 Å². The van der Waals surface area contributed by atoms with Gasteiger partial charge in [0.15, 0.2) is 4.77 Å². The first-order chi connectivity index (χ1) is 7.09. The molecule has 0 saturated heterocycles. The van der Waals surface area contributed by atoms with Crippen LogP contribution in [0, 0.1) is 11.2 Å². The number of nitrogens with one attached hydrogen (secondary N) is 1. The lowest BCUT2D eigenvalue weighted by atomic mass is 10.2. The minimum Gasteiger partial charge on any atom is -0.480 e. The molecule has 0 fully saturated rings. The molecular formula is C9H9N2O3S+. The number of fused-ring (bicyclic) bond motifs is 1. The van der Waals surface area contributed by atoms with Crippen LogP contribution in [0.1, 0.15) is 11.3 Å². The van der Waals surface area contributed by atoms with Crippen LogP contribution in [0.2, 0.25) is 0 Å². The summed E-state index contributed by atoms with van der Waals surface area (Å²) in [6.45, 7) is -0.203. The van der Waals surface area contributed by atoms with Crippen LogP contribution in [0.15, 0.2) is 4.79 Å². The number of aromatic amines is 1. The lowest BCUT2D eigenvalue weighted by molar-refractivity contribution is -0.137. The second-order valence-electron chi connectivity index (χ2n) is 3.36. The van der Waals surface area contributed by atoms with E-state index in [0.717, 1.165) is 5.69 Å². The summed E-state index contributed by atoms with van der Waals surface area (Å²) in [5, 5.41) is 8.72. The zero-order chi connectivity index (χ0) is 11.0. The predicted molar refractivity (Wildman–Crippen MR) is 55.2 cm³/mol. The molecule has 0 unspecified atom stereocenters. The Labute approximate surface area is 90.4 Å². The van der Waals surface area contributed by atoms with E-state index in [-0.39, 0.29) is 16.9 Å². The molecular weight excluding hydrogens is 216 g/mol. The molecule has 0 atom stereocenters. The highest BCUT2D eigenvalue weighted by molar-refractivity contribution is 7.71. The number of rotatable bonds is 2. The van der Waals surface area contributed by atoms with Crippen molar-refractivity contribution in [3.63, 3.8) is 0 Å². The van der Waals surface area contributed by atoms with Crippen LogP contribution in [-0.2, 0) is 24.2 Å². The second-order valence-corrected chi connectivity index (χ2v) is 3.75. The molecule has 15 heavy (non-hydrogen) atoms. The van der Waals surface area contributed by atoms with Crippen LogP contribution in [0.25, 0.3) is 0 Å². The third kappa shape index (κ3) is 1.68. The van der Waals surface area contributed by atoms with Gasteiger partial charge >= 0.3 is 5.97 Å². The largest absolute Gasteiger partial charge is 0.480 e. The SMILES string of the molecule is O=C(O)Cn1c2c(c(=O)[nH]c1=S)C[CH+]C2. The van der Waals surface area contributed by atoms with E-state index in [1.54, 1.807) is 0 Å². The van der Waals surface area contributed by atoms with E-state index < -0.39 is 5.97 Å². The van der Waals surface area contributed by atoms with Gasteiger partial charge in [-0.2, -0.15) is 0 Å². The summed E-state index contributed by atoms with van der Waals surface area (Å²) >= 11 is 4.93. The van der Waals surface area contributed by atoms with Gasteiger partial charge in [0.05, 0.1) is 17.7 Å². The average Bonchev–Trinajstić information content (AvgIpc) is 2.60. The Balaban J connectivity index is 2.64. The zero-order valence-corrected chi connectivity index (χ0v) is 8.63. The van der Waals surface area contributed by atoms with Crippen LogP contribution in [0.3, 0.4) is 0 Å². The molecule has 1 heterocycles. The zero-order valence-electron chi connectivity index (χ0n) is 7.82. The number of aromatic nitrogens is 2. The molecule has 2 rings (SSSR count). The van der Waals surface area contributed by atoms with E-state index in [1.807, 2.05) is 6.42 Å². The minimum absolute atomic E-state index is 0.177. The van der Waals surface area contributed by atoms with Gasteiger partial charge in [0.2, 0.25) is 0 Å². The molecule has 1 aromatic heterocycles. The molecule has 0 bridgehead atoms. The number of hydrogen-bond acceptors (Lipinski definition) is 3. The summed E-state index contributed by atoms with van der Waals surface area (Å²) in [6.07, 6.45) is 3.13. The fraction of sp³-hybridized carbons (Fsp3) is 0.333. The van der Waals surface area contributed by atoms with Crippen LogP contribution in [-0.4, -0.2) is 20.6 Å². The van der Waals surface area contributed by atoms with Gasteiger partial charge in [0.25, 0.3) is 5.56 Å². The van der Waals surface area contributed by atoms with Gasteiger partial charge < -0.3 is 9.67 Å². The third-order valence-corrected chi connectivity index (χ3v) is 2.72. The molecule has 0 aromatic carbocycles. The van der Waals surface area contributed by atoms with E-state index in [0.29, 0.717) is 18.4 Å². The first-order valence-corrected chi connectivity index (χ1v) is 4.88. The first-order valence-electron chi connectivity index (χ1n) is 4.48. The fourth-order valence-corrected chi connectivity index (χ4v) is 2.02. The molecule has 1 aliphatic carbocycles. The lowest BCUT2D eigenvalue weighted by Gasteiger charge is -2.07. The van der Waals surface area contributed by atoms with Gasteiger partial charge in [-0.25, -0.2) is 0 Å². The lowest BCUT2D eigenvalue weighted by Crippen LogP contribution is -2.22. The Kier molecular flexibility index (Phi) is 2.36. The minimum atomic E-state index is -0.966. The number of carbonyl (C=O) groups is 1. The number of nitrogens with zero attached hydrogens (tertiary/aromatic N) is 1. The van der Waals surface area contributed by atoms with Crippen molar-refractivity contribution in [3.8, 4) is 0 Å². The van der Waals surface area contributed by atoms with Gasteiger partial charge in [0.1, 0.15) is 19.4 Å². The Morgan fingerprint density at radius 3 is 3.00 bits per heavy atom. The molecule has 0 saturated carbocycles. The highest BCUT2D eigenvalue weighted by atomic mass is 32.1. The number of carboxylic acid groups (broad SMARTS) is 1. The summed E-state index contributed by atoms with van der Waals surface area (Å²) in [4.78, 5) is 24.6. The van der Waals surface area contributed by atoms with Gasteiger partial charge in [0, 0.05) is 0 Å². The molecule has 2 N–H and O–H groups in total. The molecule has 0 radical (unpaired) electrons. The molecule has 0 spiro atoms. The molecule has 1 aliphatic rings. The van der Waals surface area contributed by atoms with Crippen molar-refractivity contribution in [1.29, 1.82) is 0 Å². The quantitative estimate of drug-likeness (QED) is 0.560. The summed E-state index contributed by atoms with van der Waals surface area (Å²) in [7, 11) is 0. The van der Waals surface area contributed by atoms with Gasteiger partial charge in [-0.1, -0.05) is 0 Å². The highest BCUT2D eigenvalue weighted by Gasteiger charge is 2.25. The monoisotopic (exact) mass is 225 g/mol. The summed E-state index contributed by atoms with van der Waals surface area (Å²) in [5.74, 6) is -0.966. The molecule has 0 amide bonds. The maximum Gasteiger partial charge on any atom is 0.323 e. The van der Waals surface area contributed by atoms with E-state index >= 15 is 0 Å². The maximum absolute atomic E-state index is 11.5. The van der Waals surface area contributed by atoms with E-state index in [9.17, 15) is 9.59 Å².